The average molecular weight is 321 g/mol. The van der Waals surface area contributed by atoms with Gasteiger partial charge in [-0.15, -0.1) is 4.33 Å². The Morgan fingerprint density at radius 3 is 2.55 bits per heavy atom. The highest BCUT2D eigenvalue weighted by molar-refractivity contribution is 7.94. The summed E-state index contributed by atoms with van der Waals surface area (Å²) in [6.07, 6.45) is 0. The van der Waals surface area contributed by atoms with Gasteiger partial charge in [-0.2, -0.15) is 10.2 Å². The second kappa shape index (κ2) is 8.35. The predicted molar refractivity (Wildman–Crippen MR) is 83.8 cm³/mol. The summed E-state index contributed by atoms with van der Waals surface area (Å²) in [6.45, 7) is 0. The topological polar surface area (TPSA) is 84.7 Å². The van der Waals surface area contributed by atoms with Gasteiger partial charge in [-0.3, -0.25) is 0 Å². The first-order valence-corrected chi connectivity index (χ1v) is 7.03. The Hall–Kier alpha value is -2.13. The quantitative estimate of drug-likeness (QED) is 0.336. The monoisotopic (exact) mass is 321 g/mol. The lowest BCUT2D eigenvalue weighted by Gasteiger charge is -2.07. The molecule has 2 rings (SSSR count). The summed E-state index contributed by atoms with van der Waals surface area (Å²) in [7, 11) is 3.42. The summed E-state index contributed by atoms with van der Waals surface area (Å²) >= 11 is 0.865. The highest BCUT2D eigenvalue weighted by atomic mass is 32.2. The number of hydrogen-bond donors (Lipinski definition) is 2. The van der Waals surface area contributed by atoms with Crippen molar-refractivity contribution in [2.45, 2.75) is 4.90 Å². The SMILES string of the molecule is CNc1ccc(N=Nc2cccc(SOOO)c2)cc1OC. The fourth-order valence-electron chi connectivity index (χ4n) is 1.72. The molecule has 0 aliphatic heterocycles. The van der Waals surface area contributed by atoms with E-state index in [0.29, 0.717) is 22.0 Å². The lowest BCUT2D eigenvalue weighted by Crippen LogP contribution is -1.92. The van der Waals surface area contributed by atoms with Gasteiger partial charge in [0.05, 0.1) is 36.2 Å². The predicted octanol–water partition coefficient (Wildman–Crippen LogP) is 4.58. The zero-order valence-electron chi connectivity index (χ0n) is 12.0. The third kappa shape index (κ3) is 4.43. The number of ether oxygens (including phenoxy) is 1. The van der Waals surface area contributed by atoms with Gasteiger partial charge in [-0.25, -0.2) is 5.26 Å². The molecule has 0 radical (unpaired) electrons. The van der Waals surface area contributed by atoms with Crippen LogP contribution in [-0.4, -0.2) is 19.4 Å². The average Bonchev–Trinajstić information content (AvgIpc) is 2.58. The van der Waals surface area contributed by atoms with Crippen LogP contribution in [0.15, 0.2) is 57.6 Å². The fourth-order valence-corrected chi connectivity index (χ4v) is 2.13. The van der Waals surface area contributed by atoms with Crippen LogP contribution in [0.4, 0.5) is 17.1 Å². The number of anilines is 1. The van der Waals surface area contributed by atoms with Gasteiger partial charge >= 0.3 is 0 Å². The maximum atomic E-state index is 8.14. The second-order valence-electron chi connectivity index (χ2n) is 4.06. The highest BCUT2D eigenvalue weighted by Crippen LogP contribution is 2.30. The lowest BCUT2D eigenvalue weighted by atomic mass is 10.2. The third-order valence-electron chi connectivity index (χ3n) is 2.71. The van der Waals surface area contributed by atoms with Gasteiger partial charge in [0.1, 0.15) is 5.75 Å². The van der Waals surface area contributed by atoms with Gasteiger partial charge in [0.2, 0.25) is 0 Å². The molecular formula is C14H15N3O4S. The number of nitrogens with one attached hydrogen (secondary N) is 1. The Morgan fingerprint density at radius 2 is 1.86 bits per heavy atom. The summed E-state index contributed by atoms with van der Waals surface area (Å²) < 4.78 is 9.64. The van der Waals surface area contributed by atoms with E-state index in [-0.39, 0.29) is 0 Å². The van der Waals surface area contributed by atoms with E-state index in [0.717, 1.165) is 17.7 Å². The normalized spacial score (nSPS) is 10.9. The van der Waals surface area contributed by atoms with Crippen molar-refractivity contribution in [3.8, 4) is 5.75 Å². The molecule has 0 amide bonds. The van der Waals surface area contributed by atoms with Crippen molar-refractivity contribution in [1.82, 2.24) is 0 Å². The fraction of sp³-hybridized carbons (Fsp3) is 0.143. The first-order valence-electron chi connectivity index (χ1n) is 6.29. The molecule has 0 saturated heterocycles. The van der Waals surface area contributed by atoms with Gasteiger partial charge in [0.15, 0.2) is 0 Å². The second-order valence-corrected chi connectivity index (χ2v) is 4.83. The van der Waals surface area contributed by atoms with E-state index in [1.807, 2.05) is 19.2 Å². The minimum Gasteiger partial charge on any atom is -0.495 e. The van der Waals surface area contributed by atoms with Crippen LogP contribution >= 0.6 is 12.0 Å². The zero-order chi connectivity index (χ0) is 15.8. The third-order valence-corrected chi connectivity index (χ3v) is 3.29. The van der Waals surface area contributed by atoms with E-state index in [2.05, 4.69) is 24.9 Å². The number of nitrogens with zero attached hydrogens (tertiary/aromatic N) is 2. The van der Waals surface area contributed by atoms with Crippen molar-refractivity contribution < 1.29 is 19.4 Å². The molecule has 8 heteroatoms. The zero-order valence-corrected chi connectivity index (χ0v) is 12.8. The molecule has 7 nitrogen and oxygen atoms in total. The Balaban J connectivity index is 2.14. The van der Waals surface area contributed by atoms with Crippen LogP contribution in [-0.2, 0) is 9.37 Å². The highest BCUT2D eigenvalue weighted by Gasteiger charge is 2.02. The van der Waals surface area contributed by atoms with Crippen LogP contribution in [0.2, 0.25) is 0 Å². The number of benzene rings is 2. The smallest absolute Gasteiger partial charge is 0.144 e. The van der Waals surface area contributed by atoms with Crippen LogP contribution in [0.25, 0.3) is 0 Å². The van der Waals surface area contributed by atoms with Crippen molar-refractivity contribution in [3.05, 3.63) is 42.5 Å². The molecule has 22 heavy (non-hydrogen) atoms. The van der Waals surface area contributed by atoms with Crippen molar-refractivity contribution >= 4 is 29.1 Å². The van der Waals surface area contributed by atoms with Gasteiger partial charge in [0.25, 0.3) is 0 Å². The maximum absolute atomic E-state index is 8.14. The summed E-state index contributed by atoms with van der Waals surface area (Å²) in [5.74, 6) is 0.691. The van der Waals surface area contributed by atoms with Crippen LogP contribution in [0.5, 0.6) is 5.75 Å². The van der Waals surface area contributed by atoms with Crippen molar-refractivity contribution in [1.29, 1.82) is 0 Å². The van der Waals surface area contributed by atoms with E-state index < -0.39 is 0 Å². The molecule has 0 bridgehead atoms. The van der Waals surface area contributed by atoms with Gasteiger partial charge in [-0.1, -0.05) is 11.1 Å². The molecule has 0 heterocycles. The minimum absolute atomic E-state index is 0.642. The molecule has 0 fully saturated rings. The molecule has 0 atom stereocenters. The Bertz CT molecular complexity index is 652. The molecule has 0 aliphatic carbocycles. The van der Waals surface area contributed by atoms with Crippen LogP contribution in [0.3, 0.4) is 0 Å². The van der Waals surface area contributed by atoms with E-state index in [1.54, 1.807) is 37.4 Å². The van der Waals surface area contributed by atoms with Crippen LogP contribution < -0.4 is 10.1 Å². The van der Waals surface area contributed by atoms with E-state index in [1.165, 1.54) is 0 Å². The largest absolute Gasteiger partial charge is 0.495 e. The van der Waals surface area contributed by atoms with Gasteiger partial charge in [0, 0.05) is 18.0 Å². The van der Waals surface area contributed by atoms with E-state index >= 15 is 0 Å². The Labute approximate surface area is 132 Å². The first-order chi connectivity index (χ1) is 10.8. The maximum Gasteiger partial charge on any atom is 0.144 e. The Kier molecular flexibility index (Phi) is 6.16. The molecule has 0 unspecified atom stereocenters. The molecule has 2 aromatic carbocycles. The molecule has 0 aromatic heterocycles. The van der Waals surface area contributed by atoms with Gasteiger partial charge < -0.3 is 10.1 Å². The number of hydrogen-bond acceptors (Lipinski definition) is 8. The number of azo groups is 1. The van der Waals surface area contributed by atoms with Crippen molar-refractivity contribution in [2.75, 3.05) is 19.5 Å². The number of methoxy groups -OCH3 is 1. The van der Waals surface area contributed by atoms with Crippen molar-refractivity contribution in [3.63, 3.8) is 0 Å². The number of rotatable bonds is 7. The standard InChI is InChI=1S/C14H15N3O4S/c1-15-13-7-6-11(9-14(13)19-2)17-16-10-4-3-5-12(8-10)22-21-20-18/h3-9,15,18H,1-2H3. The van der Waals surface area contributed by atoms with Crippen molar-refractivity contribution in [2.24, 2.45) is 10.2 Å². The molecule has 2 N–H and O–H groups in total. The van der Waals surface area contributed by atoms with Crippen LogP contribution in [0, 0.1) is 0 Å². The summed E-state index contributed by atoms with van der Waals surface area (Å²) in [6, 6.07) is 12.6. The van der Waals surface area contributed by atoms with Crippen LogP contribution in [0.1, 0.15) is 0 Å². The molecule has 116 valence electrons. The summed E-state index contributed by atoms with van der Waals surface area (Å²) in [5.41, 5.74) is 2.19. The summed E-state index contributed by atoms with van der Waals surface area (Å²) in [5, 5.41) is 23.0. The lowest BCUT2D eigenvalue weighted by molar-refractivity contribution is -0.432. The molecule has 2 aromatic rings. The molecule has 0 spiro atoms. The molecular weight excluding hydrogens is 306 g/mol. The minimum atomic E-state index is 0.642. The van der Waals surface area contributed by atoms with Gasteiger partial charge in [-0.05, 0) is 30.3 Å². The van der Waals surface area contributed by atoms with E-state index in [4.69, 9.17) is 9.99 Å². The summed E-state index contributed by atoms with van der Waals surface area (Å²) in [4.78, 5) is 0.716. The van der Waals surface area contributed by atoms with E-state index in [9.17, 15) is 0 Å². The molecule has 0 saturated carbocycles. The molecule has 0 aliphatic rings. The Morgan fingerprint density at radius 1 is 1.09 bits per heavy atom. The first kappa shape index (κ1) is 16.2.